The quantitative estimate of drug-likeness (QED) is 0.306. The maximum Gasteiger partial charge on any atom is 0.295 e. The predicted molar refractivity (Wildman–Crippen MR) is 124 cm³/mol. The van der Waals surface area contributed by atoms with Crippen molar-refractivity contribution in [3.63, 3.8) is 0 Å². The highest BCUT2D eigenvalue weighted by atomic mass is 19.1. The summed E-state index contributed by atoms with van der Waals surface area (Å²) in [5, 5.41) is 11.0. The first-order chi connectivity index (χ1) is 16.3. The third-order valence-corrected chi connectivity index (χ3v) is 5.60. The number of aliphatic hydroxyl groups is 1. The monoisotopic (exact) mass is 463 g/mol. The second kappa shape index (κ2) is 9.91. The molecule has 1 fully saturated rings. The molecule has 1 aliphatic rings. The average Bonchev–Trinajstić information content (AvgIpc) is 3.42. The van der Waals surface area contributed by atoms with Crippen LogP contribution in [0.25, 0.3) is 5.76 Å². The van der Waals surface area contributed by atoms with Crippen LogP contribution in [0.5, 0.6) is 5.75 Å². The van der Waals surface area contributed by atoms with E-state index in [9.17, 15) is 19.1 Å². The summed E-state index contributed by atoms with van der Waals surface area (Å²) in [4.78, 5) is 31.6. The van der Waals surface area contributed by atoms with Crippen LogP contribution in [0.15, 0.2) is 72.8 Å². The zero-order valence-corrected chi connectivity index (χ0v) is 19.0. The largest absolute Gasteiger partial charge is 0.507 e. The summed E-state index contributed by atoms with van der Waals surface area (Å²) < 4.78 is 21.0. The lowest BCUT2D eigenvalue weighted by atomic mass is 9.95. The number of aromatic nitrogens is 2. The summed E-state index contributed by atoms with van der Waals surface area (Å²) >= 11 is 0. The lowest BCUT2D eigenvalue weighted by molar-refractivity contribution is -0.139. The van der Waals surface area contributed by atoms with Crippen LogP contribution < -0.4 is 4.74 Å². The maximum atomic E-state index is 13.4. The highest BCUT2D eigenvalue weighted by Gasteiger charge is 2.45. The lowest BCUT2D eigenvalue weighted by Crippen LogP contribution is -2.31. The Balaban J connectivity index is 1.71. The van der Waals surface area contributed by atoms with E-state index in [4.69, 9.17) is 4.74 Å². The van der Waals surface area contributed by atoms with Gasteiger partial charge in [0.25, 0.3) is 11.7 Å². The zero-order valence-electron chi connectivity index (χ0n) is 19.0. The fraction of sp³-hybridized carbons (Fsp3) is 0.269. The first-order valence-corrected chi connectivity index (χ1v) is 11.1. The minimum Gasteiger partial charge on any atom is -0.507 e. The first-order valence-electron chi connectivity index (χ1n) is 11.1. The number of imidazole rings is 1. The van der Waals surface area contributed by atoms with Gasteiger partial charge in [-0.05, 0) is 62.2 Å². The molecule has 3 aromatic rings. The van der Waals surface area contributed by atoms with Crippen molar-refractivity contribution < 1.29 is 23.8 Å². The average molecular weight is 464 g/mol. The minimum atomic E-state index is -0.777. The minimum absolute atomic E-state index is 0.00172. The fourth-order valence-corrected chi connectivity index (χ4v) is 4.06. The van der Waals surface area contributed by atoms with Gasteiger partial charge in [-0.3, -0.25) is 9.59 Å². The van der Waals surface area contributed by atoms with Crippen LogP contribution in [-0.4, -0.2) is 43.9 Å². The van der Waals surface area contributed by atoms with Crippen LogP contribution in [0.4, 0.5) is 4.39 Å². The summed E-state index contributed by atoms with van der Waals surface area (Å²) in [6, 6.07) is 11.5. The fourth-order valence-electron chi connectivity index (χ4n) is 4.06. The van der Waals surface area contributed by atoms with Crippen molar-refractivity contribution in [1.82, 2.24) is 14.5 Å². The highest BCUT2D eigenvalue weighted by Crippen LogP contribution is 2.40. The van der Waals surface area contributed by atoms with Gasteiger partial charge in [0.05, 0.1) is 24.0 Å². The number of aliphatic hydroxyl groups excluding tert-OH is 1. The van der Waals surface area contributed by atoms with E-state index in [2.05, 4.69) is 4.98 Å². The standard InChI is InChI=1S/C26H26FN3O4/c1-17(2)34-21-10-6-18(7-11-21)23-22(24(31)19-4-8-20(27)9-5-19)25(32)26(33)30(23)14-3-13-29-15-12-28-16-29/h4-12,15-17,23,31H,3,13-14H2,1-2H3/t23-/m1/s1. The number of carbonyl (C=O) groups is 2. The number of hydrogen-bond acceptors (Lipinski definition) is 5. The van der Waals surface area contributed by atoms with E-state index in [1.54, 1.807) is 36.8 Å². The molecule has 0 saturated carbocycles. The van der Waals surface area contributed by atoms with E-state index in [0.717, 1.165) is 0 Å². The molecule has 0 unspecified atom stereocenters. The topological polar surface area (TPSA) is 84.7 Å². The number of benzene rings is 2. The van der Waals surface area contributed by atoms with Crippen LogP contribution in [0.3, 0.4) is 0 Å². The Morgan fingerprint density at radius 3 is 2.41 bits per heavy atom. The lowest BCUT2D eigenvalue weighted by Gasteiger charge is -2.25. The Morgan fingerprint density at radius 1 is 1.09 bits per heavy atom. The van der Waals surface area contributed by atoms with Gasteiger partial charge in [-0.15, -0.1) is 0 Å². The van der Waals surface area contributed by atoms with Gasteiger partial charge in [-0.25, -0.2) is 9.37 Å². The molecule has 1 atom stereocenters. The van der Waals surface area contributed by atoms with Crippen LogP contribution in [0, 0.1) is 5.82 Å². The Morgan fingerprint density at radius 2 is 1.79 bits per heavy atom. The molecule has 0 spiro atoms. The van der Waals surface area contributed by atoms with Crippen molar-refractivity contribution in [2.75, 3.05) is 6.54 Å². The summed E-state index contributed by atoms with van der Waals surface area (Å²) in [7, 11) is 0. The SMILES string of the molecule is CC(C)Oc1ccc([C@@H]2C(=C(O)c3ccc(F)cc3)C(=O)C(=O)N2CCCn2ccnc2)cc1. The number of hydrogen-bond donors (Lipinski definition) is 1. The summed E-state index contributed by atoms with van der Waals surface area (Å²) in [5.74, 6) is -1.58. The Kier molecular flexibility index (Phi) is 6.77. The molecule has 0 aliphatic carbocycles. The van der Waals surface area contributed by atoms with Crippen molar-refractivity contribution in [3.8, 4) is 5.75 Å². The number of carbonyl (C=O) groups excluding carboxylic acids is 2. The van der Waals surface area contributed by atoms with E-state index in [1.807, 2.05) is 24.6 Å². The number of aryl methyl sites for hydroxylation is 1. The molecular weight excluding hydrogens is 437 g/mol. The van der Waals surface area contributed by atoms with Gasteiger partial charge in [0.15, 0.2) is 0 Å². The Labute approximate surface area is 197 Å². The molecule has 1 aromatic heterocycles. The molecule has 176 valence electrons. The van der Waals surface area contributed by atoms with Gasteiger partial charge in [-0.1, -0.05) is 12.1 Å². The number of Topliss-reactive ketones (excluding diaryl/α,β-unsaturated/α-hetero) is 1. The number of rotatable bonds is 8. The molecule has 0 radical (unpaired) electrons. The number of ketones is 1. The van der Waals surface area contributed by atoms with Gasteiger partial charge >= 0.3 is 0 Å². The summed E-state index contributed by atoms with van der Waals surface area (Å²) in [6.45, 7) is 4.77. The van der Waals surface area contributed by atoms with E-state index >= 15 is 0 Å². The van der Waals surface area contributed by atoms with Gasteiger partial charge in [0.1, 0.15) is 17.3 Å². The van der Waals surface area contributed by atoms with E-state index in [0.29, 0.717) is 30.8 Å². The van der Waals surface area contributed by atoms with Crippen LogP contribution in [0.2, 0.25) is 0 Å². The molecule has 1 aliphatic heterocycles. The van der Waals surface area contributed by atoms with Crippen molar-refractivity contribution in [2.45, 2.75) is 39.0 Å². The molecule has 2 aromatic carbocycles. The first kappa shape index (κ1) is 23.2. The molecule has 1 saturated heterocycles. The van der Waals surface area contributed by atoms with E-state index < -0.39 is 23.5 Å². The Hall–Kier alpha value is -3.94. The van der Waals surface area contributed by atoms with Gasteiger partial charge < -0.3 is 19.3 Å². The van der Waals surface area contributed by atoms with E-state index in [1.165, 1.54) is 29.2 Å². The zero-order chi connectivity index (χ0) is 24.2. The van der Waals surface area contributed by atoms with Gasteiger partial charge in [0.2, 0.25) is 0 Å². The predicted octanol–water partition coefficient (Wildman–Crippen LogP) is 4.32. The molecule has 34 heavy (non-hydrogen) atoms. The van der Waals surface area contributed by atoms with Crippen molar-refractivity contribution >= 4 is 17.4 Å². The van der Waals surface area contributed by atoms with Crippen molar-refractivity contribution in [2.24, 2.45) is 0 Å². The molecule has 8 heteroatoms. The molecule has 1 N–H and O–H groups in total. The summed E-state index contributed by atoms with van der Waals surface area (Å²) in [6.07, 6.45) is 5.78. The number of ether oxygens (including phenoxy) is 1. The smallest absolute Gasteiger partial charge is 0.295 e. The van der Waals surface area contributed by atoms with Crippen LogP contribution in [0.1, 0.15) is 37.4 Å². The van der Waals surface area contributed by atoms with Crippen molar-refractivity contribution in [1.29, 1.82) is 0 Å². The summed E-state index contributed by atoms with van der Waals surface area (Å²) in [5.41, 5.74) is 0.918. The third kappa shape index (κ3) is 4.85. The number of amides is 1. The number of likely N-dealkylation sites (tertiary alicyclic amines) is 1. The molecular formula is C26H26FN3O4. The number of nitrogens with zero attached hydrogens (tertiary/aromatic N) is 3. The molecule has 4 rings (SSSR count). The molecule has 7 nitrogen and oxygen atoms in total. The van der Waals surface area contributed by atoms with Crippen LogP contribution >= 0.6 is 0 Å². The second-order valence-corrected chi connectivity index (χ2v) is 8.39. The van der Waals surface area contributed by atoms with Crippen molar-refractivity contribution in [3.05, 3.63) is 89.8 Å². The van der Waals surface area contributed by atoms with Gasteiger partial charge in [-0.2, -0.15) is 0 Å². The van der Waals surface area contributed by atoms with Gasteiger partial charge in [0, 0.05) is 31.0 Å². The molecule has 1 amide bonds. The molecule has 2 heterocycles. The highest BCUT2D eigenvalue weighted by molar-refractivity contribution is 6.46. The maximum absolute atomic E-state index is 13.4. The Bertz CT molecular complexity index is 1190. The second-order valence-electron chi connectivity index (χ2n) is 8.39. The van der Waals surface area contributed by atoms with E-state index in [-0.39, 0.29) is 23.0 Å². The number of halogens is 1. The normalized spacial score (nSPS) is 17.5. The molecule has 0 bridgehead atoms. The third-order valence-electron chi connectivity index (χ3n) is 5.60. The van der Waals surface area contributed by atoms with Crippen LogP contribution in [-0.2, 0) is 16.1 Å².